The van der Waals surface area contributed by atoms with Gasteiger partial charge < -0.3 is 14.2 Å². The van der Waals surface area contributed by atoms with Crippen LogP contribution in [0, 0.1) is 17.1 Å². The maximum Gasteiger partial charge on any atom is 0.349 e. The zero-order valence-electron chi connectivity index (χ0n) is 13.6. The fourth-order valence-electron chi connectivity index (χ4n) is 1.93. The Kier molecular flexibility index (Phi) is 6.55. The summed E-state index contributed by atoms with van der Waals surface area (Å²) < 4.78 is 28.5. The van der Waals surface area contributed by atoms with Crippen molar-refractivity contribution in [2.24, 2.45) is 0 Å². The van der Waals surface area contributed by atoms with Gasteiger partial charge in [0.05, 0.1) is 7.11 Å². The molecular weight excluding hydrogens is 325 g/mol. The summed E-state index contributed by atoms with van der Waals surface area (Å²) in [5.74, 6) is -0.516. The zero-order valence-corrected chi connectivity index (χ0v) is 13.6. The van der Waals surface area contributed by atoms with Gasteiger partial charge in [-0.2, -0.15) is 5.26 Å². The zero-order chi connectivity index (χ0) is 18.1. The second-order valence-corrected chi connectivity index (χ2v) is 4.86. The Morgan fingerprint density at radius 1 is 1.16 bits per heavy atom. The molecule has 5 nitrogen and oxygen atoms in total. The van der Waals surface area contributed by atoms with Crippen LogP contribution in [0.2, 0.25) is 0 Å². The van der Waals surface area contributed by atoms with Gasteiger partial charge >= 0.3 is 5.97 Å². The lowest BCUT2D eigenvalue weighted by molar-refractivity contribution is -0.139. The molecule has 0 saturated carbocycles. The second-order valence-electron chi connectivity index (χ2n) is 4.86. The number of carbonyl (C=O) groups excluding carboxylic acids is 1. The van der Waals surface area contributed by atoms with E-state index in [2.05, 4.69) is 0 Å². The minimum atomic E-state index is -0.768. The van der Waals surface area contributed by atoms with Crippen molar-refractivity contribution in [3.63, 3.8) is 0 Å². The summed E-state index contributed by atoms with van der Waals surface area (Å²) in [6.45, 7) is -0.122. The summed E-state index contributed by atoms with van der Waals surface area (Å²) in [6.07, 6.45) is 1.42. The van der Waals surface area contributed by atoms with Crippen molar-refractivity contribution in [3.05, 3.63) is 65.5 Å². The van der Waals surface area contributed by atoms with E-state index >= 15 is 0 Å². The van der Waals surface area contributed by atoms with Crippen molar-refractivity contribution in [2.45, 2.75) is 0 Å². The van der Waals surface area contributed by atoms with E-state index in [9.17, 15) is 9.18 Å². The topological polar surface area (TPSA) is 68.5 Å². The number of methoxy groups -OCH3 is 1. The Labute approximate surface area is 144 Å². The van der Waals surface area contributed by atoms with Crippen molar-refractivity contribution >= 4 is 12.0 Å². The third kappa shape index (κ3) is 5.36. The lowest BCUT2D eigenvalue weighted by Gasteiger charge is -2.07. The highest BCUT2D eigenvalue weighted by Gasteiger charge is 2.11. The molecule has 0 radical (unpaired) electrons. The fourth-order valence-corrected chi connectivity index (χ4v) is 1.93. The summed E-state index contributed by atoms with van der Waals surface area (Å²) in [5.41, 5.74) is 0.521. The number of benzene rings is 2. The van der Waals surface area contributed by atoms with E-state index in [4.69, 9.17) is 19.5 Å². The average Bonchev–Trinajstić information content (AvgIpc) is 2.65. The van der Waals surface area contributed by atoms with E-state index in [0.29, 0.717) is 11.3 Å². The Morgan fingerprint density at radius 2 is 1.88 bits per heavy atom. The van der Waals surface area contributed by atoms with E-state index < -0.39 is 11.8 Å². The molecule has 0 amide bonds. The first-order valence-electron chi connectivity index (χ1n) is 7.44. The number of hydrogen-bond acceptors (Lipinski definition) is 5. The van der Waals surface area contributed by atoms with Gasteiger partial charge in [-0.05, 0) is 35.9 Å². The quantitative estimate of drug-likeness (QED) is 0.334. The van der Waals surface area contributed by atoms with Gasteiger partial charge in [-0.15, -0.1) is 0 Å². The molecule has 0 spiro atoms. The smallest absolute Gasteiger partial charge is 0.349 e. The van der Waals surface area contributed by atoms with Gasteiger partial charge in [0.25, 0.3) is 0 Å². The molecule has 0 aromatic heterocycles. The molecule has 0 aliphatic rings. The molecule has 0 bridgehead atoms. The number of hydrogen-bond donors (Lipinski definition) is 0. The number of halogens is 1. The van der Waals surface area contributed by atoms with Crippen LogP contribution in [0.5, 0.6) is 11.5 Å². The normalized spacial score (nSPS) is 10.7. The number of carbonyl (C=O) groups is 1. The molecule has 0 N–H and O–H groups in total. The van der Waals surface area contributed by atoms with Crippen molar-refractivity contribution in [3.8, 4) is 17.6 Å². The van der Waals surface area contributed by atoms with Crippen LogP contribution in [-0.2, 0) is 9.53 Å². The molecule has 128 valence electrons. The lowest BCUT2D eigenvalue weighted by Crippen LogP contribution is -2.13. The maximum absolute atomic E-state index is 13.4. The third-order valence-corrected chi connectivity index (χ3v) is 3.18. The highest BCUT2D eigenvalue weighted by molar-refractivity contribution is 5.97. The molecule has 0 heterocycles. The molecule has 2 aromatic rings. The first-order chi connectivity index (χ1) is 12.1. The summed E-state index contributed by atoms with van der Waals surface area (Å²) in [4.78, 5) is 11.9. The van der Waals surface area contributed by atoms with E-state index in [0.717, 1.165) is 0 Å². The lowest BCUT2D eigenvalue weighted by atomic mass is 10.1. The van der Waals surface area contributed by atoms with Crippen molar-refractivity contribution in [1.29, 1.82) is 5.26 Å². The van der Waals surface area contributed by atoms with Crippen LogP contribution in [0.4, 0.5) is 4.39 Å². The molecule has 0 aliphatic carbocycles. The van der Waals surface area contributed by atoms with Crippen LogP contribution < -0.4 is 9.47 Å². The molecule has 25 heavy (non-hydrogen) atoms. The first-order valence-corrected chi connectivity index (χ1v) is 7.44. The Balaban J connectivity index is 1.88. The van der Waals surface area contributed by atoms with E-state index in [1.165, 1.54) is 18.2 Å². The number of para-hydroxylation sites is 1. The standard InChI is InChI=1S/C19H16FNO4/c1-23-16-8-6-14(7-9-16)12-15(13-21)19(22)25-11-10-24-18-5-3-2-4-17(18)20/h2-9,12H,10-11H2,1H3/b15-12+. The van der Waals surface area contributed by atoms with E-state index in [1.54, 1.807) is 49.6 Å². The Bertz CT molecular complexity index is 794. The van der Waals surface area contributed by atoms with Crippen LogP contribution in [0.15, 0.2) is 54.1 Å². The minimum Gasteiger partial charge on any atom is -0.497 e. The number of nitriles is 1. The summed E-state index contributed by atoms with van der Waals surface area (Å²) in [6, 6.07) is 14.6. The molecule has 0 fully saturated rings. The Morgan fingerprint density at radius 3 is 2.52 bits per heavy atom. The molecule has 0 atom stereocenters. The predicted octanol–water partition coefficient (Wildman–Crippen LogP) is 3.36. The molecular formula is C19H16FNO4. The Hall–Kier alpha value is -3.33. The molecule has 2 aromatic carbocycles. The molecule has 2 rings (SSSR count). The summed E-state index contributed by atoms with van der Waals surface area (Å²) in [5, 5.41) is 9.10. The van der Waals surface area contributed by atoms with Gasteiger partial charge in [0.15, 0.2) is 11.6 Å². The monoisotopic (exact) mass is 341 g/mol. The third-order valence-electron chi connectivity index (χ3n) is 3.18. The van der Waals surface area contributed by atoms with E-state index in [1.807, 2.05) is 0 Å². The summed E-state index contributed by atoms with van der Waals surface area (Å²) in [7, 11) is 1.55. The van der Waals surface area contributed by atoms with Gasteiger partial charge in [-0.25, -0.2) is 9.18 Å². The number of nitrogens with zero attached hydrogens (tertiary/aromatic N) is 1. The van der Waals surface area contributed by atoms with Crippen LogP contribution in [-0.4, -0.2) is 26.3 Å². The SMILES string of the molecule is COc1ccc(/C=C(\C#N)C(=O)OCCOc2ccccc2F)cc1. The molecule has 0 unspecified atom stereocenters. The van der Waals surface area contributed by atoms with Gasteiger partial charge in [-0.3, -0.25) is 0 Å². The largest absolute Gasteiger partial charge is 0.497 e. The number of esters is 1. The van der Waals surface area contributed by atoms with Gasteiger partial charge in [0.1, 0.15) is 30.6 Å². The van der Waals surface area contributed by atoms with Crippen LogP contribution in [0.1, 0.15) is 5.56 Å². The fraction of sp³-hybridized carbons (Fsp3) is 0.158. The molecule has 0 aliphatic heterocycles. The van der Waals surface area contributed by atoms with Gasteiger partial charge in [0.2, 0.25) is 0 Å². The van der Waals surface area contributed by atoms with Crippen molar-refractivity contribution < 1.29 is 23.4 Å². The summed E-state index contributed by atoms with van der Waals surface area (Å²) >= 11 is 0. The maximum atomic E-state index is 13.4. The average molecular weight is 341 g/mol. The van der Waals surface area contributed by atoms with Crippen LogP contribution in [0.25, 0.3) is 6.08 Å². The van der Waals surface area contributed by atoms with Gasteiger partial charge in [0, 0.05) is 0 Å². The first kappa shape index (κ1) is 18.0. The molecule has 0 saturated heterocycles. The minimum absolute atomic E-state index is 0.0199. The van der Waals surface area contributed by atoms with Crippen molar-refractivity contribution in [2.75, 3.05) is 20.3 Å². The molecule has 6 heteroatoms. The number of ether oxygens (including phenoxy) is 3. The van der Waals surface area contributed by atoms with E-state index in [-0.39, 0.29) is 24.5 Å². The predicted molar refractivity (Wildman–Crippen MR) is 89.4 cm³/mol. The second kappa shape index (κ2) is 9.08. The number of rotatable bonds is 7. The van der Waals surface area contributed by atoms with Gasteiger partial charge in [-0.1, -0.05) is 24.3 Å². The highest BCUT2D eigenvalue weighted by atomic mass is 19.1. The van der Waals surface area contributed by atoms with Crippen LogP contribution in [0.3, 0.4) is 0 Å². The van der Waals surface area contributed by atoms with Crippen molar-refractivity contribution in [1.82, 2.24) is 0 Å². The van der Waals surface area contributed by atoms with Crippen LogP contribution >= 0.6 is 0 Å². The highest BCUT2D eigenvalue weighted by Crippen LogP contribution is 2.16.